The number of hydrogen-bond acceptors (Lipinski definition) is 3. The first-order chi connectivity index (χ1) is 8.52. The largest absolute Gasteiger partial charge is 0.388 e. The van der Waals surface area contributed by atoms with E-state index >= 15 is 0 Å². The molecule has 1 aromatic rings. The van der Waals surface area contributed by atoms with Gasteiger partial charge in [-0.3, -0.25) is 4.68 Å². The summed E-state index contributed by atoms with van der Waals surface area (Å²) in [6.45, 7) is 6.28. The number of hydrogen-bond donors (Lipinski definition) is 2. The predicted octanol–water partition coefficient (Wildman–Crippen LogP) is 2.21. The molecule has 1 heterocycles. The van der Waals surface area contributed by atoms with Crippen molar-refractivity contribution in [2.45, 2.75) is 64.7 Å². The summed E-state index contributed by atoms with van der Waals surface area (Å²) in [4.78, 5) is 0. The SMILES string of the molecule is CCCCC(CC)C(C)(O)C(O)Cn1cccn1. The van der Waals surface area contributed by atoms with E-state index in [0.717, 1.165) is 25.7 Å². The number of rotatable bonds is 8. The molecule has 2 N–H and O–H groups in total. The standard InChI is InChI=1S/C14H26N2O2/c1-4-6-8-12(5-2)14(3,18)13(17)11-16-10-7-9-15-16/h7,9-10,12-13,17-18H,4-6,8,11H2,1-3H3. The van der Waals surface area contributed by atoms with Crippen LogP contribution in [0.5, 0.6) is 0 Å². The van der Waals surface area contributed by atoms with Gasteiger partial charge in [-0.05, 0) is 25.3 Å². The Kier molecular flexibility index (Phi) is 5.82. The monoisotopic (exact) mass is 254 g/mol. The minimum Gasteiger partial charge on any atom is -0.388 e. The molecule has 0 saturated carbocycles. The highest BCUT2D eigenvalue weighted by atomic mass is 16.3. The lowest BCUT2D eigenvalue weighted by atomic mass is 9.79. The van der Waals surface area contributed by atoms with Crippen LogP contribution in [0.25, 0.3) is 0 Å². The van der Waals surface area contributed by atoms with Crippen molar-refractivity contribution in [1.29, 1.82) is 0 Å². The molecule has 4 nitrogen and oxygen atoms in total. The fourth-order valence-electron chi connectivity index (χ4n) is 2.40. The van der Waals surface area contributed by atoms with Crippen molar-refractivity contribution in [3.05, 3.63) is 18.5 Å². The molecule has 0 saturated heterocycles. The van der Waals surface area contributed by atoms with Crippen molar-refractivity contribution in [2.24, 2.45) is 5.92 Å². The molecule has 0 aliphatic carbocycles. The Morgan fingerprint density at radius 2 is 2.11 bits per heavy atom. The van der Waals surface area contributed by atoms with Crippen molar-refractivity contribution in [3.63, 3.8) is 0 Å². The highest BCUT2D eigenvalue weighted by molar-refractivity contribution is 4.89. The van der Waals surface area contributed by atoms with E-state index in [2.05, 4.69) is 18.9 Å². The lowest BCUT2D eigenvalue weighted by molar-refractivity contribution is -0.111. The van der Waals surface area contributed by atoms with Gasteiger partial charge in [0.15, 0.2) is 0 Å². The third-order valence-electron chi connectivity index (χ3n) is 3.82. The second-order valence-electron chi connectivity index (χ2n) is 5.22. The van der Waals surface area contributed by atoms with Crippen molar-refractivity contribution in [1.82, 2.24) is 9.78 Å². The Labute approximate surface area is 110 Å². The van der Waals surface area contributed by atoms with E-state index in [1.807, 2.05) is 6.07 Å². The van der Waals surface area contributed by atoms with Crippen LogP contribution in [-0.2, 0) is 6.54 Å². The van der Waals surface area contributed by atoms with Crippen LogP contribution >= 0.6 is 0 Å². The minimum absolute atomic E-state index is 0.128. The molecule has 0 bridgehead atoms. The molecular formula is C14H26N2O2. The van der Waals surface area contributed by atoms with Gasteiger partial charge in [0.2, 0.25) is 0 Å². The molecule has 1 rings (SSSR count). The highest BCUT2D eigenvalue weighted by Crippen LogP contribution is 2.29. The van der Waals surface area contributed by atoms with Crippen LogP contribution in [0.2, 0.25) is 0 Å². The van der Waals surface area contributed by atoms with Gasteiger partial charge in [0.05, 0.1) is 12.1 Å². The molecule has 3 unspecified atom stereocenters. The summed E-state index contributed by atoms with van der Waals surface area (Å²) in [5.74, 6) is 0.128. The van der Waals surface area contributed by atoms with E-state index in [1.165, 1.54) is 0 Å². The van der Waals surface area contributed by atoms with Crippen LogP contribution in [0.1, 0.15) is 46.5 Å². The molecule has 0 spiro atoms. The number of unbranched alkanes of at least 4 members (excludes halogenated alkanes) is 1. The molecule has 3 atom stereocenters. The molecule has 104 valence electrons. The third-order valence-corrected chi connectivity index (χ3v) is 3.82. The zero-order valence-corrected chi connectivity index (χ0v) is 11.7. The van der Waals surface area contributed by atoms with Crippen LogP contribution in [0, 0.1) is 5.92 Å². The van der Waals surface area contributed by atoms with Crippen molar-refractivity contribution in [3.8, 4) is 0 Å². The van der Waals surface area contributed by atoms with Gasteiger partial charge >= 0.3 is 0 Å². The second kappa shape index (κ2) is 6.90. The first kappa shape index (κ1) is 15.2. The zero-order valence-electron chi connectivity index (χ0n) is 11.7. The average Bonchev–Trinajstić information content (AvgIpc) is 2.82. The van der Waals surface area contributed by atoms with Gasteiger partial charge < -0.3 is 10.2 Å². The summed E-state index contributed by atoms with van der Waals surface area (Å²) in [5.41, 5.74) is -1.06. The van der Waals surface area contributed by atoms with Gasteiger partial charge in [-0.25, -0.2) is 0 Å². The summed E-state index contributed by atoms with van der Waals surface area (Å²) in [5, 5.41) is 24.9. The van der Waals surface area contributed by atoms with Crippen LogP contribution in [0.3, 0.4) is 0 Å². The summed E-state index contributed by atoms with van der Waals surface area (Å²) in [7, 11) is 0. The quantitative estimate of drug-likeness (QED) is 0.748. The topological polar surface area (TPSA) is 58.3 Å². The molecule has 0 aromatic carbocycles. The number of aliphatic hydroxyl groups is 2. The van der Waals surface area contributed by atoms with Gasteiger partial charge in [0, 0.05) is 12.4 Å². The second-order valence-corrected chi connectivity index (χ2v) is 5.22. The van der Waals surface area contributed by atoms with E-state index in [-0.39, 0.29) is 5.92 Å². The van der Waals surface area contributed by atoms with E-state index in [4.69, 9.17) is 0 Å². The number of aliphatic hydroxyl groups excluding tert-OH is 1. The summed E-state index contributed by atoms with van der Waals surface area (Å²) >= 11 is 0. The van der Waals surface area contributed by atoms with Crippen LogP contribution in [0.15, 0.2) is 18.5 Å². The van der Waals surface area contributed by atoms with E-state index in [9.17, 15) is 10.2 Å². The molecule has 4 heteroatoms. The molecule has 0 fully saturated rings. The Hall–Kier alpha value is -0.870. The van der Waals surface area contributed by atoms with Crippen LogP contribution in [0.4, 0.5) is 0 Å². The Morgan fingerprint density at radius 3 is 2.61 bits per heavy atom. The zero-order chi connectivity index (χ0) is 13.6. The van der Waals surface area contributed by atoms with Gasteiger partial charge in [-0.2, -0.15) is 5.10 Å². The van der Waals surface area contributed by atoms with Gasteiger partial charge in [-0.1, -0.05) is 33.1 Å². The molecule has 18 heavy (non-hydrogen) atoms. The first-order valence-electron chi connectivity index (χ1n) is 6.90. The first-order valence-corrected chi connectivity index (χ1v) is 6.90. The van der Waals surface area contributed by atoms with Crippen molar-refractivity contribution in [2.75, 3.05) is 0 Å². The van der Waals surface area contributed by atoms with Crippen molar-refractivity contribution < 1.29 is 10.2 Å². The Bertz CT molecular complexity index is 323. The molecule has 0 aliphatic rings. The smallest absolute Gasteiger partial charge is 0.102 e. The summed E-state index contributed by atoms with van der Waals surface area (Å²) in [6, 6.07) is 1.82. The van der Waals surface area contributed by atoms with Gasteiger partial charge in [-0.15, -0.1) is 0 Å². The summed E-state index contributed by atoms with van der Waals surface area (Å²) in [6.07, 6.45) is 6.71. The van der Waals surface area contributed by atoms with E-state index in [0.29, 0.717) is 6.54 Å². The summed E-state index contributed by atoms with van der Waals surface area (Å²) < 4.78 is 1.66. The average molecular weight is 254 g/mol. The Balaban J connectivity index is 2.63. The molecule has 0 aliphatic heterocycles. The van der Waals surface area contributed by atoms with E-state index in [1.54, 1.807) is 24.0 Å². The maximum Gasteiger partial charge on any atom is 0.102 e. The fourth-order valence-corrected chi connectivity index (χ4v) is 2.40. The maximum absolute atomic E-state index is 10.6. The number of nitrogens with zero attached hydrogens (tertiary/aromatic N) is 2. The fraction of sp³-hybridized carbons (Fsp3) is 0.786. The van der Waals surface area contributed by atoms with Gasteiger partial charge in [0.1, 0.15) is 6.10 Å². The van der Waals surface area contributed by atoms with Crippen molar-refractivity contribution >= 4 is 0 Å². The predicted molar refractivity (Wildman–Crippen MR) is 72.2 cm³/mol. The molecule has 0 amide bonds. The Morgan fingerprint density at radius 1 is 1.39 bits per heavy atom. The molecular weight excluding hydrogens is 228 g/mol. The third kappa shape index (κ3) is 3.82. The van der Waals surface area contributed by atoms with Crippen LogP contribution in [-0.4, -0.2) is 31.7 Å². The van der Waals surface area contributed by atoms with Gasteiger partial charge in [0.25, 0.3) is 0 Å². The highest BCUT2D eigenvalue weighted by Gasteiger charge is 2.37. The minimum atomic E-state index is -1.06. The maximum atomic E-state index is 10.6. The van der Waals surface area contributed by atoms with Crippen LogP contribution < -0.4 is 0 Å². The molecule has 0 radical (unpaired) electrons. The number of aromatic nitrogens is 2. The lowest BCUT2D eigenvalue weighted by Gasteiger charge is -2.36. The molecule has 1 aromatic heterocycles. The van der Waals surface area contributed by atoms with E-state index < -0.39 is 11.7 Å². The lowest BCUT2D eigenvalue weighted by Crippen LogP contribution is -2.48. The normalized spacial score (nSPS) is 18.3.